The van der Waals surface area contributed by atoms with E-state index in [0.29, 0.717) is 12.5 Å². The van der Waals surface area contributed by atoms with Crippen molar-refractivity contribution in [2.75, 3.05) is 6.61 Å². The van der Waals surface area contributed by atoms with Crippen molar-refractivity contribution in [1.29, 1.82) is 0 Å². The van der Waals surface area contributed by atoms with Crippen molar-refractivity contribution in [2.24, 2.45) is 5.92 Å². The minimum absolute atomic E-state index is 0.273. The van der Waals surface area contributed by atoms with Crippen LogP contribution in [-0.4, -0.2) is 11.6 Å². The summed E-state index contributed by atoms with van der Waals surface area (Å²) in [7, 11) is 0. The average Bonchev–Trinajstić information content (AvgIpc) is 2.05. The topological polar surface area (TPSA) is 22.1 Å². The van der Waals surface area contributed by atoms with Crippen molar-refractivity contribution in [3.8, 4) is 5.75 Å². The van der Waals surface area contributed by atoms with Crippen LogP contribution in [0.1, 0.15) is 19.3 Å². The molecule has 0 saturated heterocycles. The predicted molar refractivity (Wildman–Crippen MR) is 47.0 cm³/mol. The Morgan fingerprint density at radius 3 is 3.00 bits per heavy atom. The molecule has 1 fully saturated rings. The van der Waals surface area contributed by atoms with Gasteiger partial charge in [0, 0.05) is 6.20 Å². The molecule has 0 aromatic carbocycles. The number of pyridine rings is 1. The highest BCUT2D eigenvalue weighted by Crippen LogP contribution is 2.27. The summed E-state index contributed by atoms with van der Waals surface area (Å²) in [6.45, 7) is 0.628. The molecule has 13 heavy (non-hydrogen) atoms. The molecule has 1 aromatic heterocycles. The first kappa shape index (κ1) is 8.48. The monoisotopic (exact) mass is 181 g/mol. The minimum Gasteiger partial charge on any atom is -0.488 e. The lowest BCUT2D eigenvalue weighted by atomic mass is 9.86. The lowest BCUT2D eigenvalue weighted by Crippen LogP contribution is -2.19. The van der Waals surface area contributed by atoms with Crippen LogP contribution < -0.4 is 4.74 Å². The molecule has 0 N–H and O–H groups in total. The van der Waals surface area contributed by atoms with Gasteiger partial charge in [-0.3, -0.25) is 0 Å². The Balaban J connectivity index is 1.89. The van der Waals surface area contributed by atoms with Gasteiger partial charge in [0.1, 0.15) is 0 Å². The van der Waals surface area contributed by atoms with E-state index in [9.17, 15) is 4.39 Å². The summed E-state index contributed by atoms with van der Waals surface area (Å²) in [5.74, 6) is 0.385. The van der Waals surface area contributed by atoms with Gasteiger partial charge >= 0.3 is 0 Å². The number of aromatic nitrogens is 1. The first-order chi connectivity index (χ1) is 6.36. The Hall–Kier alpha value is -1.12. The van der Waals surface area contributed by atoms with Gasteiger partial charge in [-0.2, -0.15) is 4.39 Å². The lowest BCUT2D eigenvalue weighted by Gasteiger charge is -2.24. The number of ether oxygens (including phenoxy) is 1. The molecule has 2 rings (SSSR count). The van der Waals surface area contributed by atoms with E-state index in [1.165, 1.54) is 25.5 Å². The second kappa shape index (κ2) is 3.73. The smallest absolute Gasteiger partial charge is 0.255 e. The van der Waals surface area contributed by atoms with E-state index in [2.05, 4.69) is 4.98 Å². The molecule has 0 aliphatic heterocycles. The Labute approximate surface area is 76.7 Å². The summed E-state index contributed by atoms with van der Waals surface area (Å²) in [5, 5.41) is 0. The fraction of sp³-hybridized carbons (Fsp3) is 0.500. The van der Waals surface area contributed by atoms with Gasteiger partial charge in [-0.1, -0.05) is 6.42 Å². The molecular weight excluding hydrogens is 169 g/mol. The molecule has 0 amide bonds. The summed E-state index contributed by atoms with van der Waals surface area (Å²) in [6, 6.07) is 3.29. The lowest BCUT2D eigenvalue weighted by molar-refractivity contribution is 0.174. The number of hydrogen-bond acceptors (Lipinski definition) is 2. The van der Waals surface area contributed by atoms with Crippen molar-refractivity contribution in [3.05, 3.63) is 24.3 Å². The molecular formula is C10H12FNO. The van der Waals surface area contributed by atoms with E-state index in [-0.39, 0.29) is 5.75 Å². The molecule has 1 heterocycles. The minimum atomic E-state index is -0.512. The van der Waals surface area contributed by atoms with Crippen molar-refractivity contribution < 1.29 is 9.13 Å². The van der Waals surface area contributed by atoms with Crippen molar-refractivity contribution in [3.63, 3.8) is 0 Å². The number of halogens is 1. The molecule has 1 aliphatic rings. The van der Waals surface area contributed by atoms with Crippen LogP contribution in [0.2, 0.25) is 0 Å². The van der Waals surface area contributed by atoms with Gasteiger partial charge in [0.05, 0.1) is 6.61 Å². The Morgan fingerprint density at radius 1 is 1.54 bits per heavy atom. The van der Waals surface area contributed by atoms with Crippen molar-refractivity contribution in [2.45, 2.75) is 19.3 Å². The molecule has 3 heteroatoms. The van der Waals surface area contributed by atoms with Gasteiger partial charge in [0.15, 0.2) is 5.75 Å². The van der Waals surface area contributed by atoms with Crippen LogP contribution in [0, 0.1) is 11.9 Å². The van der Waals surface area contributed by atoms with Gasteiger partial charge < -0.3 is 4.74 Å². The van der Waals surface area contributed by atoms with Crippen LogP contribution in [-0.2, 0) is 0 Å². The standard InChI is InChI=1S/C10H12FNO/c11-10-9(5-2-6-12-10)13-7-8-3-1-4-8/h2,5-6,8H,1,3-4,7H2. The van der Waals surface area contributed by atoms with Crippen LogP contribution in [0.15, 0.2) is 18.3 Å². The van der Waals surface area contributed by atoms with Crippen molar-refractivity contribution >= 4 is 0 Å². The molecule has 2 nitrogen and oxygen atoms in total. The summed E-state index contributed by atoms with van der Waals surface area (Å²) in [5.41, 5.74) is 0. The third-order valence-corrected chi connectivity index (χ3v) is 2.42. The SMILES string of the molecule is Fc1ncccc1OCC1CCC1. The molecule has 0 bridgehead atoms. The van der Waals surface area contributed by atoms with Gasteiger partial charge in [-0.25, -0.2) is 4.98 Å². The molecule has 0 spiro atoms. The van der Waals surface area contributed by atoms with Gasteiger partial charge in [0.25, 0.3) is 5.95 Å². The average molecular weight is 181 g/mol. The number of nitrogens with zero attached hydrogens (tertiary/aromatic N) is 1. The quantitative estimate of drug-likeness (QED) is 0.668. The fourth-order valence-electron chi connectivity index (χ4n) is 1.35. The van der Waals surface area contributed by atoms with E-state index >= 15 is 0 Å². The maximum absolute atomic E-state index is 12.9. The van der Waals surface area contributed by atoms with Crippen LogP contribution in [0.5, 0.6) is 5.75 Å². The van der Waals surface area contributed by atoms with E-state index in [4.69, 9.17) is 4.74 Å². The molecule has 70 valence electrons. The molecule has 0 atom stereocenters. The van der Waals surface area contributed by atoms with Crippen molar-refractivity contribution in [1.82, 2.24) is 4.98 Å². The predicted octanol–water partition coefficient (Wildman–Crippen LogP) is 2.40. The molecule has 0 radical (unpaired) electrons. The zero-order chi connectivity index (χ0) is 9.10. The largest absolute Gasteiger partial charge is 0.488 e. The first-order valence-corrected chi connectivity index (χ1v) is 4.59. The zero-order valence-electron chi connectivity index (χ0n) is 7.37. The second-order valence-corrected chi connectivity index (χ2v) is 3.40. The highest BCUT2D eigenvalue weighted by molar-refractivity contribution is 5.17. The van der Waals surface area contributed by atoms with Crippen LogP contribution in [0.4, 0.5) is 4.39 Å². The number of hydrogen-bond donors (Lipinski definition) is 0. The summed E-state index contributed by atoms with van der Waals surface area (Å²) < 4.78 is 18.2. The third-order valence-electron chi connectivity index (χ3n) is 2.42. The van der Waals surface area contributed by atoms with Crippen LogP contribution in [0.3, 0.4) is 0 Å². The van der Waals surface area contributed by atoms with Crippen LogP contribution >= 0.6 is 0 Å². The zero-order valence-corrected chi connectivity index (χ0v) is 7.37. The molecule has 0 unspecified atom stereocenters. The van der Waals surface area contributed by atoms with E-state index < -0.39 is 5.95 Å². The first-order valence-electron chi connectivity index (χ1n) is 4.59. The fourth-order valence-corrected chi connectivity index (χ4v) is 1.35. The summed E-state index contributed by atoms with van der Waals surface area (Å²) >= 11 is 0. The molecule has 1 aliphatic carbocycles. The van der Waals surface area contributed by atoms with E-state index in [0.717, 1.165) is 0 Å². The summed E-state index contributed by atoms with van der Waals surface area (Å²) in [4.78, 5) is 3.51. The number of rotatable bonds is 3. The Kier molecular flexibility index (Phi) is 2.43. The highest BCUT2D eigenvalue weighted by Gasteiger charge is 2.18. The maximum Gasteiger partial charge on any atom is 0.255 e. The molecule has 1 aromatic rings. The highest BCUT2D eigenvalue weighted by atomic mass is 19.1. The maximum atomic E-state index is 12.9. The van der Waals surface area contributed by atoms with E-state index in [1.54, 1.807) is 12.1 Å². The Bertz CT molecular complexity index is 286. The summed E-state index contributed by atoms with van der Waals surface area (Å²) in [6.07, 6.45) is 5.12. The normalized spacial score (nSPS) is 16.7. The second-order valence-electron chi connectivity index (χ2n) is 3.40. The van der Waals surface area contributed by atoms with Crippen LogP contribution in [0.25, 0.3) is 0 Å². The third kappa shape index (κ3) is 1.97. The van der Waals surface area contributed by atoms with Gasteiger partial charge in [-0.15, -0.1) is 0 Å². The van der Waals surface area contributed by atoms with Gasteiger partial charge in [-0.05, 0) is 30.9 Å². The van der Waals surface area contributed by atoms with E-state index in [1.807, 2.05) is 0 Å². The Morgan fingerprint density at radius 2 is 2.38 bits per heavy atom. The van der Waals surface area contributed by atoms with Gasteiger partial charge in [0.2, 0.25) is 0 Å². The molecule has 1 saturated carbocycles.